The van der Waals surface area contributed by atoms with Crippen LogP contribution in [0.5, 0.6) is 0 Å². The summed E-state index contributed by atoms with van der Waals surface area (Å²) in [5.74, 6) is 0.800. The van der Waals surface area contributed by atoms with Gasteiger partial charge in [-0.05, 0) is 63.1 Å². The zero-order chi connectivity index (χ0) is 22.1. The maximum atomic E-state index is 12.0. The van der Waals surface area contributed by atoms with Crippen LogP contribution in [0, 0.1) is 13.8 Å². The van der Waals surface area contributed by atoms with Crippen molar-refractivity contribution in [2.24, 2.45) is 4.99 Å². The van der Waals surface area contributed by atoms with Crippen LogP contribution in [0.15, 0.2) is 58.1 Å². The van der Waals surface area contributed by atoms with Gasteiger partial charge in [0.05, 0.1) is 18.5 Å². The molecule has 8 nitrogen and oxygen atoms in total. The maximum absolute atomic E-state index is 12.0. The van der Waals surface area contributed by atoms with Gasteiger partial charge in [-0.25, -0.2) is 4.99 Å². The molecule has 0 unspecified atom stereocenters. The Morgan fingerprint density at radius 2 is 1.97 bits per heavy atom. The van der Waals surface area contributed by atoms with Crippen LogP contribution in [-0.2, 0) is 13.1 Å². The second-order valence-corrected chi connectivity index (χ2v) is 7.25. The fourth-order valence-corrected chi connectivity index (χ4v) is 3.14. The van der Waals surface area contributed by atoms with Crippen molar-refractivity contribution in [1.82, 2.24) is 20.4 Å². The third-order valence-corrected chi connectivity index (χ3v) is 4.66. The van der Waals surface area contributed by atoms with Crippen molar-refractivity contribution < 1.29 is 9.21 Å². The Bertz CT molecular complexity index is 990. The molecule has 2 aromatic heterocycles. The fraction of sp³-hybridized carbons (Fsp3) is 0.348. The number of carbonyl (C=O) groups excluding carboxylic acids is 1. The molecule has 1 amide bonds. The number of nitrogens with zero attached hydrogens (tertiary/aromatic N) is 3. The van der Waals surface area contributed by atoms with E-state index in [1.807, 2.05) is 42.8 Å². The van der Waals surface area contributed by atoms with Gasteiger partial charge in [-0.2, -0.15) is 5.10 Å². The number of hydrogen-bond acceptors (Lipinski definition) is 4. The minimum absolute atomic E-state index is 0.269. The van der Waals surface area contributed by atoms with Crippen LogP contribution in [0.4, 0.5) is 5.69 Å². The highest BCUT2D eigenvalue weighted by molar-refractivity contribution is 6.02. The molecule has 2 heterocycles. The number of carbonyl (C=O) groups is 1. The Morgan fingerprint density at radius 1 is 1.16 bits per heavy atom. The van der Waals surface area contributed by atoms with Gasteiger partial charge in [-0.3, -0.25) is 9.48 Å². The molecule has 1 aromatic carbocycles. The van der Waals surface area contributed by atoms with E-state index in [1.165, 1.54) is 12.0 Å². The third-order valence-electron chi connectivity index (χ3n) is 4.66. The lowest BCUT2D eigenvalue weighted by Gasteiger charge is -2.12. The number of nitrogens with one attached hydrogen (secondary N) is 3. The van der Waals surface area contributed by atoms with Gasteiger partial charge in [0.1, 0.15) is 0 Å². The quantitative estimate of drug-likeness (QED) is 0.279. The van der Waals surface area contributed by atoms with Crippen LogP contribution in [0.3, 0.4) is 0 Å². The standard InChI is InChI=1S/C23H30N6O2/c1-4-24-23(25-12-6-13-29-18(3)15-17(2)28-29)26-16-19-8-10-20(11-9-19)27-22(30)21-7-5-14-31-21/h5,7-11,14-15H,4,6,12-13,16H2,1-3H3,(H,27,30)(H2,24,25,26). The van der Waals surface area contributed by atoms with E-state index in [1.54, 1.807) is 12.1 Å². The molecule has 0 aliphatic carbocycles. The van der Waals surface area contributed by atoms with Crippen molar-refractivity contribution in [3.63, 3.8) is 0 Å². The number of amides is 1. The second kappa shape index (κ2) is 11.0. The summed E-state index contributed by atoms with van der Waals surface area (Å²) < 4.78 is 7.14. The van der Waals surface area contributed by atoms with Gasteiger partial charge in [0.2, 0.25) is 0 Å². The average Bonchev–Trinajstić information content (AvgIpc) is 3.40. The first-order valence-electron chi connectivity index (χ1n) is 10.5. The molecule has 8 heteroatoms. The van der Waals surface area contributed by atoms with Gasteiger partial charge >= 0.3 is 0 Å². The van der Waals surface area contributed by atoms with Crippen molar-refractivity contribution in [1.29, 1.82) is 0 Å². The van der Waals surface area contributed by atoms with E-state index in [9.17, 15) is 4.79 Å². The van der Waals surface area contributed by atoms with Gasteiger partial charge in [0.15, 0.2) is 11.7 Å². The van der Waals surface area contributed by atoms with Crippen molar-refractivity contribution in [2.45, 2.75) is 40.3 Å². The fourth-order valence-electron chi connectivity index (χ4n) is 3.14. The van der Waals surface area contributed by atoms with Gasteiger partial charge in [-0.1, -0.05) is 12.1 Å². The number of aromatic nitrogens is 2. The predicted molar refractivity (Wildman–Crippen MR) is 122 cm³/mol. The lowest BCUT2D eigenvalue weighted by atomic mass is 10.2. The van der Waals surface area contributed by atoms with Crippen LogP contribution in [0.1, 0.15) is 40.9 Å². The Kier molecular flexibility index (Phi) is 7.86. The summed E-state index contributed by atoms with van der Waals surface area (Å²) in [6.45, 7) is 9.15. The summed E-state index contributed by atoms with van der Waals surface area (Å²) in [6.07, 6.45) is 2.43. The predicted octanol–water partition coefficient (Wildman–Crippen LogP) is 3.49. The Balaban J connectivity index is 1.47. The highest BCUT2D eigenvalue weighted by Crippen LogP contribution is 2.12. The van der Waals surface area contributed by atoms with Crippen LogP contribution >= 0.6 is 0 Å². The van der Waals surface area contributed by atoms with Crippen molar-refractivity contribution in [3.8, 4) is 0 Å². The molecule has 3 aromatic rings. The van der Waals surface area contributed by atoms with Crippen molar-refractivity contribution in [3.05, 3.63) is 71.4 Å². The largest absolute Gasteiger partial charge is 0.459 e. The van der Waals surface area contributed by atoms with Crippen molar-refractivity contribution in [2.75, 3.05) is 18.4 Å². The smallest absolute Gasteiger partial charge is 0.291 e. The number of rotatable bonds is 9. The normalized spacial score (nSPS) is 11.4. The molecule has 3 rings (SSSR count). The first-order valence-corrected chi connectivity index (χ1v) is 10.5. The number of anilines is 1. The Morgan fingerprint density at radius 3 is 2.61 bits per heavy atom. The summed E-state index contributed by atoms with van der Waals surface area (Å²) >= 11 is 0. The average molecular weight is 423 g/mol. The number of benzene rings is 1. The number of furan rings is 1. The lowest BCUT2D eigenvalue weighted by molar-refractivity contribution is 0.0996. The van der Waals surface area contributed by atoms with E-state index in [-0.39, 0.29) is 11.7 Å². The van der Waals surface area contributed by atoms with Crippen molar-refractivity contribution >= 4 is 17.6 Å². The molecular formula is C23H30N6O2. The van der Waals surface area contributed by atoms with E-state index in [4.69, 9.17) is 4.42 Å². The first kappa shape index (κ1) is 22.1. The summed E-state index contributed by atoms with van der Waals surface area (Å²) in [4.78, 5) is 16.7. The molecule has 0 fully saturated rings. The van der Waals surface area contributed by atoms with Gasteiger partial charge < -0.3 is 20.4 Å². The van der Waals surface area contributed by atoms with E-state index in [2.05, 4.69) is 39.0 Å². The van der Waals surface area contributed by atoms with Gasteiger partial charge in [-0.15, -0.1) is 0 Å². The van der Waals surface area contributed by atoms with Gasteiger partial charge in [0.25, 0.3) is 5.91 Å². The molecule has 31 heavy (non-hydrogen) atoms. The highest BCUT2D eigenvalue weighted by atomic mass is 16.3. The third kappa shape index (κ3) is 6.74. The molecule has 0 radical (unpaired) electrons. The number of aliphatic imine (C=N–C) groups is 1. The topological polar surface area (TPSA) is 96.5 Å². The summed E-state index contributed by atoms with van der Waals surface area (Å²) in [5, 5.41) is 13.9. The Hall–Kier alpha value is -3.55. The van der Waals surface area contributed by atoms with E-state index in [0.29, 0.717) is 12.2 Å². The first-order chi connectivity index (χ1) is 15.0. The lowest BCUT2D eigenvalue weighted by Crippen LogP contribution is -2.38. The number of hydrogen-bond donors (Lipinski definition) is 3. The highest BCUT2D eigenvalue weighted by Gasteiger charge is 2.08. The van der Waals surface area contributed by atoms with Crippen LogP contribution in [-0.4, -0.2) is 34.7 Å². The second-order valence-electron chi connectivity index (χ2n) is 7.25. The van der Waals surface area contributed by atoms with Crippen LogP contribution in [0.25, 0.3) is 0 Å². The minimum atomic E-state index is -0.269. The molecule has 0 saturated carbocycles. The molecule has 164 valence electrons. The van der Waals surface area contributed by atoms with Crippen LogP contribution < -0.4 is 16.0 Å². The van der Waals surface area contributed by atoms with E-state index < -0.39 is 0 Å². The van der Waals surface area contributed by atoms with E-state index >= 15 is 0 Å². The SMILES string of the molecule is CCNC(=NCc1ccc(NC(=O)c2ccco2)cc1)NCCCn1nc(C)cc1C. The molecule has 3 N–H and O–H groups in total. The molecule has 0 aliphatic heterocycles. The van der Waals surface area contributed by atoms with E-state index in [0.717, 1.165) is 43.3 Å². The zero-order valence-corrected chi connectivity index (χ0v) is 18.3. The zero-order valence-electron chi connectivity index (χ0n) is 18.3. The molecule has 0 bridgehead atoms. The summed E-state index contributed by atoms with van der Waals surface area (Å²) in [6, 6.07) is 13.0. The van der Waals surface area contributed by atoms with Gasteiger partial charge in [0, 0.05) is 31.0 Å². The summed E-state index contributed by atoms with van der Waals surface area (Å²) in [5.41, 5.74) is 3.99. The molecule has 0 aliphatic rings. The molecule has 0 spiro atoms. The molecular weight excluding hydrogens is 392 g/mol. The molecule has 0 saturated heterocycles. The molecule has 0 atom stereocenters. The monoisotopic (exact) mass is 422 g/mol. The Labute approximate surface area is 182 Å². The van der Waals surface area contributed by atoms with Crippen LogP contribution in [0.2, 0.25) is 0 Å². The number of guanidine groups is 1. The number of aryl methyl sites for hydroxylation is 3. The maximum Gasteiger partial charge on any atom is 0.291 e. The summed E-state index contributed by atoms with van der Waals surface area (Å²) in [7, 11) is 0. The minimum Gasteiger partial charge on any atom is -0.459 e.